The van der Waals surface area contributed by atoms with E-state index in [0.717, 1.165) is 46.5 Å². The zero-order valence-corrected chi connectivity index (χ0v) is 15.8. The molecule has 0 heterocycles. The molecule has 0 radical (unpaired) electrons. The number of rotatable bonds is 9. The van der Waals surface area contributed by atoms with Gasteiger partial charge in [0.25, 0.3) is 0 Å². The van der Waals surface area contributed by atoms with Crippen LogP contribution in [0.5, 0.6) is 0 Å². The van der Waals surface area contributed by atoms with E-state index >= 15 is 0 Å². The summed E-state index contributed by atoms with van der Waals surface area (Å²) in [4.78, 5) is 12.8. The summed E-state index contributed by atoms with van der Waals surface area (Å²) in [5.74, 6) is 0.0137. The first-order chi connectivity index (χ1) is 12.2. The Morgan fingerprint density at radius 1 is 1.08 bits per heavy atom. The molecule has 2 atom stereocenters. The van der Waals surface area contributed by atoms with Crippen LogP contribution in [-0.2, 0) is 15.6 Å². The molecule has 0 amide bonds. The summed E-state index contributed by atoms with van der Waals surface area (Å²) in [6.07, 6.45) is 6.33. The van der Waals surface area contributed by atoms with Gasteiger partial charge in [0.2, 0.25) is 0 Å². The molecule has 0 saturated carbocycles. The van der Waals surface area contributed by atoms with Gasteiger partial charge in [-0.3, -0.25) is 0 Å². The van der Waals surface area contributed by atoms with Crippen molar-refractivity contribution in [2.45, 2.75) is 44.4 Å². The number of aldehydes is 1. The van der Waals surface area contributed by atoms with Gasteiger partial charge >= 0.3 is 0 Å². The number of benzene rings is 2. The SMILES string of the molecule is CCCC[C@@H](CC=O)/C(=C/c1ccccc1)S(=O)c1ccc(C)cc1. The van der Waals surface area contributed by atoms with Crippen molar-refractivity contribution >= 4 is 23.2 Å². The van der Waals surface area contributed by atoms with Gasteiger partial charge in [0.1, 0.15) is 6.29 Å². The summed E-state index contributed by atoms with van der Waals surface area (Å²) in [7, 11) is -1.26. The van der Waals surface area contributed by atoms with Crippen LogP contribution in [0.1, 0.15) is 43.7 Å². The Labute approximate surface area is 153 Å². The Hall–Kier alpha value is -2.00. The molecule has 0 spiro atoms. The summed E-state index contributed by atoms with van der Waals surface area (Å²) in [5.41, 5.74) is 2.16. The van der Waals surface area contributed by atoms with Crippen LogP contribution in [-0.4, -0.2) is 10.5 Å². The molecule has 0 aliphatic rings. The van der Waals surface area contributed by atoms with Gasteiger partial charge in [0.05, 0.1) is 10.8 Å². The number of carbonyl (C=O) groups is 1. The highest BCUT2D eigenvalue weighted by Gasteiger charge is 2.21. The van der Waals surface area contributed by atoms with Crippen LogP contribution in [0.3, 0.4) is 0 Å². The number of aryl methyl sites for hydroxylation is 1. The minimum absolute atomic E-state index is 0.0137. The molecule has 2 aromatic carbocycles. The van der Waals surface area contributed by atoms with E-state index in [9.17, 15) is 9.00 Å². The molecule has 25 heavy (non-hydrogen) atoms. The van der Waals surface area contributed by atoms with Crippen LogP contribution < -0.4 is 0 Å². The summed E-state index contributed by atoms with van der Waals surface area (Å²) in [6, 6.07) is 17.7. The zero-order chi connectivity index (χ0) is 18.1. The van der Waals surface area contributed by atoms with Crippen LogP contribution in [0.4, 0.5) is 0 Å². The van der Waals surface area contributed by atoms with Crippen LogP contribution in [0.2, 0.25) is 0 Å². The van der Waals surface area contributed by atoms with Gasteiger partial charge in [0.15, 0.2) is 0 Å². The fraction of sp³-hybridized carbons (Fsp3) is 0.318. The Morgan fingerprint density at radius 3 is 2.36 bits per heavy atom. The summed E-state index contributed by atoms with van der Waals surface area (Å²) in [6.45, 7) is 4.15. The van der Waals surface area contributed by atoms with E-state index in [1.54, 1.807) is 0 Å². The van der Waals surface area contributed by atoms with Gasteiger partial charge in [-0.15, -0.1) is 0 Å². The maximum Gasteiger partial charge on any atom is 0.120 e. The molecule has 3 heteroatoms. The Bertz CT molecular complexity index is 717. The summed E-state index contributed by atoms with van der Waals surface area (Å²) < 4.78 is 13.3. The second-order valence-electron chi connectivity index (χ2n) is 6.28. The van der Waals surface area contributed by atoms with Crippen molar-refractivity contribution in [2.24, 2.45) is 5.92 Å². The third-order valence-corrected chi connectivity index (χ3v) is 5.83. The molecular formula is C22H26O2S. The van der Waals surface area contributed by atoms with E-state index in [0.29, 0.717) is 6.42 Å². The number of hydrogen-bond acceptors (Lipinski definition) is 2. The number of allylic oxidation sites excluding steroid dienone is 1. The largest absolute Gasteiger partial charge is 0.303 e. The lowest BCUT2D eigenvalue weighted by Crippen LogP contribution is -2.11. The van der Waals surface area contributed by atoms with Gasteiger partial charge < -0.3 is 4.79 Å². The van der Waals surface area contributed by atoms with E-state index in [1.165, 1.54) is 0 Å². The molecule has 0 saturated heterocycles. The normalized spacial score (nSPS) is 14.1. The van der Waals surface area contributed by atoms with Crippen molar-refractivity contribution in [1.29, 1.82) is 0 Å². The molecule has 0 aromatic heterocycles. The van der Waals surface area contributed by atoms with Crippen molar-refractivity contribution in [3.63, 3.8) is 0 Å². The van der Waals surface area contributed by atoms with E-state index in [-0.39, 0.29) is 5.92 Å². The molecule has 1 unspecified atom stereocenters. The first-order valence-electron chi connectivity index (χ1n) is 8.84. The van der Waals surface area contributed by atoms with Crippen LogP contribution in [0, 0.1) is 12.8 Å². The van der Waals surface area contributed by atoms with Crippen molar-refractivity contribution in [3.05, 3.63) is 70.6 Å². The molecule has 132 valence electrons. The molecular weight excluding hydrogens is 328 g/mol. The second kappa shape index (κ2) is 10.1. The average molecular weight is 355 g/mol. The standard InChI is InChI=1S/C22H26O2S/c1-3-4-10-20(15-16-23)22(17-19-8-6-5-7-9-19)25(24)21-13-11-18(2)12-14-21/h5-9,11-14,16-17,20H,3-4,10,15H2,1-2H3/b22-17-/t20-,25?/m0/s1. The van der Waals surface area contributed by atoms with Crippen molar-refractivity contribution in [2.75, 3.05) is 0 Å². The highest BCUT2D eigenvalue weighted by Crippen LogP contribution is 2.30. The van der Waals surface area contributed by atoms with Crippen molar-refractivity contribution in [3.8, 4) is 0 Å². The predicted molar refractivity (Wildman–Crippen MR) is 106 cm³/mol. The third kappa shape index (κ3) is 5.79. The smallest absolute Gasteiger partial charge is 0.120 e. The van der Waals surface area contributed by atoms with E-state index < -0.39 is 10.8 Å². The maximum atomic E-state index is 13.3. The highest BCUT2D eigenvalue weighted by molar-refractivity contribution is 7.89. The number of carbonyl (C=O) groups excluding carboxylic acids is 1. The van der Waals surface area contributed by atoms with E-state index in [4.69, 9.17) is 0 Å². The fourth-order valence-corrected chi connectivity index (χ4v) is 4.19. The highest BCUT2D eigenvalue weighted by atomic mass is 32.2. The monoisotopic (exact) mass is 354 g/mol. The molecule has 0 bridgehead atoms. The first-order valence-corrected chi connectivity index (χ1v) is 9.99. The molecule has 0 fully saturated rings. The zero-order valence-electron chi connectivity index (χ0n) is 15.0. The molecule has 2 rings (SSSR count). The minimum Gasteiger partial charge on any atom is -0.303 e. The van der Waals surface area contributed by atoms with Crippen molar-refractivity contribution < 1.29 is 9.00 Å². The number of hydrogen-bond donors (Lipinski definition) is 0. The summed E-state index contributed by atoms with van der Waals surface area (Å²) >= 11 is 0. The van der Waals surface area contributed by atoms with E-state index in [2.05, 4.69) is 6.92 Å². The lowest BCUT2D eigenvalue weighted by molar-refractivity contribution is -0.108. The van der Waals surface area contributed by atoms with Crippen molar-refractivity contribution in [1.82, 2.24) is 0 Å². The first kappa shape index (κ1) is 19.3. The fourth-order valence-electron chi connectivity index (χ4n) is 2.78. The predicted octanol–water partition coefficient (Wildman–Crippen LogP) is 5.54. The van der Waals surface area contributed by atoms with Crippen LogP contribution in [0.25, 0.3) is 6.08 Å². The average Bonchev–Trinajstić information content (AvgIpc) is 2.64. The topological polar surface area (TPSA) is 34.1 Å². The lowest BCUT2D eigenvalue weighted by Gasteiger charge is -2.18. The van der Waals surface area contributed by atoms with Gasteiger partial charge in [-0.1, -0.05) is 67.8 Å². The van der Waals surface area contributed by atoms with Gasteiger partial charge in [-0.25, -0.2) is 4.21 Å². The molecule has 2 aromatic rings. The summed E-state index contributed by atoms with van der Waals surface area (Å²) in [5, 5.41) is 0. The van der Waals surface area contributed by atoms with Gasteiger partial charge in [-0.05, 0) is 43.0 Å². The second-order valence-corrected chi connectivity index (χ2v) is 7.76. The molecule has 0 N–H and O–H groups in total. The van der Waals surface area contributed by atoms with Gasteiger partial charge in [-0.2, -0.15) is 0 Å². The Morgan fingerprint density at radius 2 is 1.76 bits per heavy atom. The Balaban J connectivity index is 2.42. The molecule has 0 aliphatic carbocycles. The van der Waals surface area contributed by atoms with Crippen LogP contribution in [0.15, 0.2) is 64.4 Å². The number of unbranched alkanes of at least 4 members (excludes halogenated alkanes) is 1. The van der Waals surface area contributed by atoms with Gasteiger partial charge in [0, 0.05) is 16.2 Å². The van der Waals surface area contributed by atoms with Crippen LogP contribution >= 0.6 is 0 Å². The van der Waals surface area contributed by atoms with E-state index in [1.807, 2.05) is 67.6 Å². The molecule has 2 nitrogen and oxygen atoms in total. The molecule has 0 aliphatic heterocycles. The maximum absolute atomic E-state index is 13.3. The quantitative estimate of drug-likeness (QED) is 0.554. The third-order valence-electron chi connectivity index (χ3n) is 4.25. The lowest BCUT2D eigenvalue weighted by atomic mass is 9.97. The Kier molecular flexibility index (Phi) is 7.80. The minimum atomic E-state index is -1.26.